The average molecular weight is 167 g/mol. The van der Waals surface area contributed by atoms with Crippen molar-refractivity contribution < 1.29 is 4.79 Å². The molecule has 0 saturated carbocycles. The van der Waals surface area contributed by atoms with Crippen LogP contribution in [-0.4, -0.2) is 30.1 Å². The van der Waals surface area contributed by atoms with Crippen LogP contribution in [0.3, 0.4) is 0 Å². The number of urea groups is 1. The van der Waals surface area contributed by atoms with Gasteiger partial charge in [-0.25, -0.2) is 9.79 Å². The van der Waals surface area contributed by atoms with Crippen molar-refractivity contribution in [2.45, 2.75) is 0 Å². The SMILES string of the molecule is NC(=O)N1CNC2=CNCN=C21. The molecule has 0 atom stereocenters. The molecular formula is C6H9N5O. The quantitative estimate of drug-likeness (QED) is 0.420. The Bertz CT molecular complexity index is 282. The summed E-state index contributed by atoms with van der Waals surface area (Å²) in [7, 11) is 0. The van der Waals surface area contributed by atoms with E-state index in [1.807, 2.05) is 0 Å². The van der Waals surface area contributed by atoms with Crippen LogP contribution in [0.15, 0.2) is 16.9 Å². The Labute approximate surface area is 69.1 Å². The van der Waals surface area contributed by atoms with Gasteiger partial charge in [0, 0.05) is 6.20 Å². The lowest BCUT2D eigenvalue weighted by molar-refractivity contribution is 0.231. The Morgan fingerprint density at radius 3 is 3.33 bits per heavy atom. The van der Waals surface area contributed by atoms with E-state index in [0.717, 1.165) is 5.70 Å². The van der Waals surface area contributed by atoms with Gasteiger partial charge in [0.15, 0.2) is 5.84 Å². The highest BCUT2D eigenvalue weighted by Crippen LogP contribution is 2.09. The normalized spacial score (nSPS) is 20.2. The summed E-state index contributed by atoms with van der Waals surface area (Å²) >= 11 is 0. The van der Waals surface area contributed by atoms with Crippen molar-refractivity contribution in [3.05, 3.63) is 11.9 Å². The molecule has 4 N–H and O–H groups in total. The van der Waals surface area contributed by atoms with E-state index in [0.29, 0.717) is 19.2 Å². The number of carbonyl (C=O) groups excluding carboxylic acids is 1. The highest BCUT2D eigenvalue weighted by Gasteiger charge is 2.27. The maximum absolute atomic E-state index is 10.8. The third-order valence-corrected chi connectivity index (χ3v) is 1.76. The van der Waals surface area contributed by atoms with Crippen LogP contribution in [0.25, 0.3) is 0 Å². The van der Waals surface area contributed by atoms with Gasteiger partial charge in [-0.1, -0.05) is 0 Å². The van der Waals surface area contributed by atoms with Gasteiger partial charge in [-0.3, -0.25) is 4.90 Å². The number of hydrogen-bond acceptors (Lipinski definition) is 4. The topological polar surface area (TPSA) is 82.8 Å². The number of carbonyl (C=O) groups is 1. The molecule has 6 nitrogen and oxygen atoms in total. The van der Waals surface area contributed by atoms with E-state index >= 15 is 0 Å². The highest BCUT2D eigenvalue weighted by molar-refractivity contribution is 6.08. The van der Waals surface area contributed by atoms with Crippen LogP contribution < -0.4 is 16.4 Å². The lowest BCUT2D eigenvalue weighted by Crippen LogP contribution is -2.38. The predicted octanol–water partition coefficient (Wildman–Crippen LogP) is -1.27. The van der Waals surface area contributed by atoms with E-state index in [2.05, 4.69) is 15.6 Å². The summed E-state index contributed by atoms with van der Waals surface area (Å²) in [5, 5.41) is 5.91. The lowest BCUT2D eigenvalue weighted by atomic mass is 10.4. The zero-order valence-electron chi connectivity index (χ0n) is 6.37. The fraction of sp³-hybridized carbons (Fsp3) is 0.333. The van der Waals surface area contributed by atoms with Gasteiger partial charge in [0.05, 0.1) is 12.4 Å². The number of amidine groups is 1. The molecule has 0 aromatic carbocycles. The van der Waals surface area contributed by atoms with Gasteiger partial charge < -0.3 is 16.4 Å². The van der Waals surface area contributed by atoms with Gasteiger partial charge in [-0.05, 0) is 0 Å². The zero-order valence-corrected chi connectivity index (χ0v) is 6.37. The number of primary amides is 1. The van der Waals surface area contributed by atoms with Crippen molar-refractivity contribution >= 4 is 11.9 Å². The molecule has 0 bridgehead atoms. The number of rotatable bonds is 0. The van der Waals surface area contributed by atoms with Crippen LogP contribution >= 0.6 is 0 Å². The number of amides is 2. The maximum Gasteiger partial charge on any atom is 0.321 e. The Morgan fingerprint density at radius 2 is 2.58 bits per heavy atom. The molecule has 2 heterocycles. The van der Waals surface area contributed by atoms with Crippen LogP contribution in [-0.2, 0) is 0 Å². The van der Waals surface area contributed by atoms with Gasteiger partial charge in [-0.2, -0.15) is 0 Å². The lowest BCUT2D eigenvalue weighted by Gasteiger charge is -2.13. The van der Waals surface area contributed by atoms with Crippen LogP contribution in [0.2, 0.25) is 0 Å². The van der Waals surface area contributed by atoms with Crippen LogP contribution in [0.4, 0.5) is 4.79 Å². The molecule has 0 radical (unpaired) electrons. The Morgan fingerprint density at radius 1 is 1.75 bits per heavy atom. The summed E-state index contributed by atoms with van der Waals surface area (Å²) in [5.41, 5.74) is 5.94. The zero-order chi connectivity index (χ0) is 8.55. The first-order valence-electron chi connectivity index (χ1n) is 3.58. The molecule has 12 heavy (non-hydrogen) atoms. The monoisotopic (exact) mass is 167 g/mol. The summed E-state index contributed by atoms with van der Waals surface area (Å²) in [6.45, 7) is 0.895. The van der Waals surface area contributed by atoms with E-state index in [4.69, 9.17) is 5.73 Å². The number of aliphatic imine (C=N–C) groups is 1. The van der Waals surface area contributed by atoms with Crippen LogP contribution in [0.1, 0.15) is 0 Å². The van der Waals surface area contributed by atoms with Crippen LogP contribution in [0.5, 0.6) is 0 Å². The van der Waals surface area contributed by atoms with Crippen molar-refractivity contribution in [1.82, 2.24) is 15.5 Å². The summed E-state index contributed by atoms with van der Waals surface area (Å²) in [5.74, 6) is 0.626. The van der Waals surface area contributed by atoms with Crippen molar-refractivity contribution in [2.75, 3.05) is 13.3 Å². The van der Waals surface area contributed by atoms with E-state index in [9.17, 15) is 4.79 Å². The molecule has 0 aromatic rings. The van der Waals surface area contributed by atoms with Gasteiger partial charge in [0.2, 0.25) is 0 Å². The first-order valence-corrected chi connectivity index (χ1v) is 3.58. The smallest absolute Gasteiger partial charge is 0.321 e. The summed E-state index contributed by atoms with van der Waals surface area (Å²) in [6, 6.07) is -0.480. The van der Waals surface area contributed by atoms with E-state index in [1.54, 1.807) is 6.20 Å². The predicted molar refractivity (Wildman–Crippen MR) is 42.9 cm³/mol. The first kappa shape index (κ1) is 6.96. The molecule has 0 aliphatic carbocycles. The third kappa shape index (κ3) is 0.884. The van der Waals surface area contributed by atoms with Crippen molar-refractivity contribution in [3.63, 3.8) is 0 Å². The molecule has 2 rings (SSSR count). The minimum atomic E-state index is -0.480. The number of nitrogens with one attached hydrogen (secondary N) is 2. The Hall–Kier alpha value is -1.72. The molecule has 0 aromatic heterocycles. The standard InChI is InChI=1S/C6H9N5O/c7-6(12)11-3-10-4-1-8-2-9-5(4)11/h1,8,10H,2-3H2,(H2,7,12). The molecule has 6 heteroatoms. The summed E-state index contributed by atoms with van der Waals surface area (Å²) in [6.07, 6.45) is 1.78. The number of fused-ring (bicyclic) bond motifs is 1. The summed E-state index contributed by atoms with van der Waals surface area (Å²) in [4.78, 5) is 16.3. The van der Waals surface area contributed by atoms with Gasteiger partial charge in [0.25, 0.3) is 0 Å². The fourth-order valence-electron chi connectivity index (χ4n) is 1.20. The molecule has 2 amide bonds. The third-order valence-electron chi connectivity index (χ3n) is 1.76. The first-order chi connectivity index (χ1) is 5.79. The number of nitrogens with zero attached hydrogens (tertiary/aromatic N) is 2. The average Bonchev–Trinajstić information content (AvgIpc) is 2.47. The molecule has 0 spiro atoms. The van der Waals surface area contributed by atoms with Crippen molar-refractivity contribution in [2.24, 2.45) is 10.7 Å². The molecule has 64 valence electrons. The molecule has 0 unspecified atom stereocenters. The van der Waals surface area contributed by atoms with Gasteiger partial charge >= 0.3 is 6.03 Å². The van der Waals surface area contributed by atoms with Gasteiger partial charge in [0.1, 0.15) is 6.67 Å². The van der Waals surface area contributed by atoms with Crippen molar-refractivity contribution in [1.29, 1.82) is 0 Å². The van der Waals surface area contributed by atoms with E-state index < -0.39 is 6.03 Å². The second-order valence-electron chi connectivity index (χ2n) is 2.50. The largest absolute Gasteiger partial charge is 0.370 e. The second-order valence-corrected chi connectivity index (χ2v) is 2.50. The molecule has 2 aliphatic rings. The second kappa shape index (κ2) is 2.40. The molecule has 1 saturated heterocycles. The fourth-order valence-corrected chi connectivity index (χ4v) is 1.20. The van der Waals surface area contributed by atoms with E-state index in [1.165, 1.54) is 4.90 Å². The summed E-state index contributed by atoms with van der Waals surface area (Å²) < 4.78 is 0. The minimum absolute atomic E-state index is 0.404. The molecular weight excluding hydrogens is 158 g/mol. The number of nitrogens with two attached hydrogens (primary N) is 1. The molecule has 2 aliphatic heterocycles. The Kier molecular flexibility index (Phi) is 1.39. The van der Waals surface area contributed by atoms with Crippen molar-refractivity contribution in [3.8, 4) is 0 Å². The minimum Gasteiger partial charge on any atom is -0.370 e. The van der Waals surface area contributed by atoms with E-state index in [-0.39, 0.29) is 0 Å². The molecule has 1 fully saturated rings. The van der Waals surface area contributed by atoms with Crippen LogP contribution in [0, 0.1) is 0 Å². The van der Waals surface area contributed by atoms with Gasteiger partial charge in [-0.15, -0.1) is 0 Å². The highest BCUT2D eigenvalue weighted by atomic mass is 16.2. The Balaban J connectivity index is 2.28. The number of hydrogen-bond donors (Lipinski definition) is 3. The maximum atomic E-state index is 10.8.